The summed E-state index contributed by atoms with van der Waals surface area (Å²) in [6.07, 6.45) is 1.98. The fraction of sp³-hybridized carbons (Fsp3) is 0.462. The van der Waals surface area contributed by atoms with Gasteiger partial charge in [0.15, 0.2) is 0 Å². The first-order valence-corrected chi connectivity index (χ1v) is 5.89. The summed E-state index contributed by atoms with van der Waals surface area (Å²) in [7, 11) is 1.60. The van der Waals surface area contributed by atoms with Gasteiger partial charge in [-0.15, -0.1) is 12.4 Å². The second-order valence-electron chi connectivity index (χ2n) is 4.39. The first kappa shape index (κ1) is 14.8. The van der Waals surface area contributed by atoms with Crippen molar-refractivity contribution >= 4 is 18.3 Å². The second-order valence-corrected chi connectivity index (χ2v) is 4.39. The first-order chi connectivity index (χ1) is 8.20. The monoisotopic (exact) mass is 270 g/mol. The van der Waals surface area contributed by atoms with Crippen molar-refractivity contribution in [2.75, 3.05) is 20.2 Å². The summed E-state index contributed by atoms with van der Waals surface area (Å²) in [5, 5.41) is 0. The third-order valence-corrected chi connectivity index (χ3v) is 3.06. The van der Waals surface area contributed by atoms with Crippen LogP contribution in [-0.2, 0) is 0 Å². The lowest BCUT2D eigenvalue weighted by Crippen LogP contribution is -2.45. The van der Waals surface area contributed by atoms with E-state index in [-0.39, 0.29) is 24.4 Å². The molecule has 1 unspecified atom stereocenters. The Morgan fingerprint density at radius 2 is 2.28 bits per heavy atom. The van der Waals surface area contributed by atoms with Crippen LogP contribution in [0.2, 0.25) is 0 Å². The Bertz CT molecular complexity index is 412. The zero-order valence-electron chi connectivity index (χ0n) is 10.5. The first-order valence-electron chi connectivity index (χ1n) is 5.89. The third-order valence-electron chi connectivity index (χ3n) is 3.06. The van der Waals surface area contributed by atoms with E-state index in [4.69, 9.17) is 10.5 Å². The van der Waals surface area contributed by atoms with Gasteiger partial charge in [-0.3, -0.25) is 4.79 Å². The molecule has 1 atom stereocenters. The molecular formula is C13H19ClN2O2. The van der Waals surface area contributed by atoms with Crippen LogP contribution in [0.25, 0.3) is 0 Å². The number of piperidine rings is 1. The normalized spacial score (nSPS) is 19.0. The lowest BCUT2D eigenvalue weighted by molar-refractivity contribution is 0.0708. The van der Waals surface area contributed by atoms with Gasteiger partial charge in [0, 0.05) is 24.7 Å². The summed E-state index contributed by atoms with van der Waals surface area (Å²) < 4.78 is 5.12. The van der Waals surface area contributed by atoms with Gasteiger partial charge in [-0.25, -0.2) is 0 Å². The van der Waals surface area contributed by atoms with Gasteiger partial charge in [-0.1, -0.05) is 6.07 Å². The molecule has 1 fully saturated rings. The number of carbonyl (C=O) groups excluding carboxylic acids is 1. The van der Waals surface area contributed by atoms with E-state index in [0.717, 1.165) is 19.4 Å². The van der Waals surface area contributed by atoms with Crippen LogP contribution in [-0.4, -0.2) is 37.0 Å². The van der Waals surface area contributed by atoms with E-state index in [1.807, 2.05) is 23.1 Å². The molecular weight excluding hydrogens is 252 g/mol. The molecule has 0 radical (unpaired) electrons. The van der Waals surface area contributed by atoms with Crippen molar-refractivity contribution in [1.82, 2.24) is 4.90 Å². The van der Waals surface area contributed by atoms with E-state index in [1.165, 1.54) is 0 Å². The highest BCUT2D eigenvalue weighted by molar-refractivity contribution is 5.94. The number of carbonyl (C=O) groups is 1. The van der Waals surface area contributed by atoms with E-state index in [9.17, 15) is 4.79 Å². The molecule has 1 aromatic rings. The van der Waals surface area contributed by atoms with Crippen molar-refractivity contribution < 1.29 is 9.53 Å². The Balaban J connectivity index is 0.00000162. The predicted molar refractivity (Wildman–Crippen MR) is 73.4 cm³/mol. The highest BCUT2D eigenvalue weighted by atomic mass is 35.5. The average Bonchev–Trinajstić information content (AvgIpc) is 2.38. The van der Waals surface area contributed by atoms with Crippen molar-refractivity contribution in [3.8, 4) is 5.75 Å². The Kier molecular flexibility index (Phi) is 5.44. The maximum atomic E-state index is 12.2. The molecule has 100 valence electrons. The van der Waals surface area contributed by atoms with Crippen LogP contribution in [0, 0.1) is 0 Å². The van der Waals surface area contributed by atoms with Crippen LogP contribution >= 0.6 is 12.4 Å². The summed E-state index contributed by atoms with van der Waals surface area (Å²) in [5.41, 5.74) is 6.54. The molecule has 1 aliphatic heterocycles. The number of benzene rings is 1. The van der Waals surface area contributed by atoms with Gasteiger partial charge in [0.25, 0.3) is 5.91 Å². The number of rotatable bonds is 2. The number of ether oxygens (including phenoxy) is 1. The number of likely N-dealkylation sites (tertiary alicyclic amines) is 1. The summed E-state index contributed by atoms with van der Waals surface area (Å²) >= 11 is 0. The number of hydrogen-bond acceptors (Lipinski definition) is 3. The van der Waals surface area contributed by atoms with Crippen LogP contribution in [0.5, 0.6) is 5.75 Å². The summed E-state index contributed by atoms with van der Waals surface area (Å²) in [6.45, 7) is 1.44. The molecule has 0 spiro atoms. The molecule has 0 saturated carbocycles. The molecule has 0 aliphatic carbocycles. The summed E-state index contributed by atoms with van der Waals surface area (Å²) in [4.78, 5) is 14.1. The molecule has 0 aromatic heterocycles. The van der Waals surface area contributed by atoms with Crippen molar-refractivity contribution in [3.63, 3.8) is 0 Å². The average molecular weight is 271 g/mol. The lowest BCUT2D eigenvalue weighted by atomic mass is 10.1. The molecule has 0 bridgehead atoms. The highest BCUT2D eigenvalue weighted by Gasteiger charge is 2.22. The predicted octanol–water partition coefficient (Wildman–Crippen LogP) is 1.68. The minimum atomic E-state index is 0. The topological polar surface area (TPSA) is 55.6 Å². The van der Waals surface area contributed by atoms with Gasteiger partial charge >= 0.3 is 0 Å². The number of nitrogens with two attached hydrogens (primary N) is 1. The van der Waals surface area contributed by atoms with E-state index in [1.54, 1.807) is 13.2 Å². The zero-order chi connectivity index (χ0) is 12.3. The minimum absolute atomic E-state index is 0. The van der Waals surface area contributed by atoms with Gasteiger partial charge in [0.1, 0.15) is 5.75 Å². The second kappa shape index (κ2) is 6.61. The highest BCUT2D eigenvalue weighted by Crippen LogP contribution is 2.17. The molecule has 1 amide bonds. The third kappa shape index (κ3) is 3.37. The molecule has 1 aliphatic rings. The molecule has 1 heterocycles. The fourth-order valence-electron chi connectivity index (χ4n) is 2.13. The van der Waals surface area contributed by atoms with Crippen molar-refractivity contribution in [1.29, 1.82) is 0 Å². The Morgan fingerprint density at radius 3 is 2.94 bits per heavy atom. The largest absolute Gasteiger partial charge is 0.497 e. The standard InChI is InChI=1S/C13H18N2O2.ClH/c1-17-12-6-2-4-10(8-12)13(16)15-7-3-5-11(14)9-15;/h2,4,6,8,11H,3,5,7,9,14H2,1H3;1H. The number of halogens is 1. The van der Waals surface area contributed by atoms with E-state index in [2.05, 4.69) is 0 Å². The van der Waals surface area contributed by atoms with Crippen LogP contribution in [0.15, 0.2) is 24.3 Å². The smallest absolute Gasteiger partial charge is 0.254 e. The maximum absolute atomic E-state index is 12.2. The Morgan fingerprint density at radius 1 is 1.50 bits per heavy atom. The van der Waals surface area contributed by atoms with E-state index in [0.29, 0.717) is 17.9 Å². The Hall–Kier alpha value is -1.26. The van der Waals surface area contributed by atoms with Crippen molar-refractivity contribution in [3.05, 3.63) is 29.8 Å². The van der Waals surface area contributed by atoms with Crippen LogP contribution in [0.1, 0.15) is 23.2 Å². The van der Waals surface area contributed by atoms with Crippen LogP contribution in [0.4, 0.5) is 0 Å². The molecule has 1 saturated heterocycles. The molecule has 4 nitrogen and oxygen atoms in total. The van der Waals surface area contributed by atoms with Gasteiger partial charge in [0.05, 0.1) is 7.11 Å². The molecule has 1 aromatic carbocycles. The van der Waals surface area contributed by atoms with Crippen molar-refractivity contribution in [2.24, 2.45) is 5.73 Å². The summed E-state index contributed by atoms with van der Waals surface area (Å²) in [6, 6.07) is 7.35. The molecule has 2 rings (SSSR count). The SMILES string of the molecule is COc1cccc(C(=O)N2CCCC(N)C2)c1.Cl. The number of amides is 1. The molecule has 18 heavy (non-hydrogen) atoms. The quantitative estimate of drug-likeness (QED) is 0.890. The van der Waals surface area contributed by atoms with Crippen LogP contribution < -0.4 is 10.5 Å². The van der Waals surface area contributed by atoms with E-state index < -0.39 is 0 Å². The van der Waals surface area contributed by atoms with Gasteiger partial charge in [-0.2, -0.15) is 0 Å². The van der Waals surface area contributed by atoms with Crippen LogP contribution in [0.3, 0.4) is 0 Å². The Labute approximate surface area is 114 Å². The maximum Gasteiger partial charge on any atom is 0.254 e. The number of hydrogen-bond donors (Lipinski definition) is 1. The van der Waals surface area contributed by atoms with Crippen molar-refractivity contribution in [2.45, 2.75) is 18.9 Å². The van der Waals surface area contributed by atoms with E-state index >= 15 is 0 Å². The van der Waals surface area contributed by atoms with Gasteiger partial charge < -0.3 is 15.4 Å². The molecule has 5 heteroatoms. The number of nitrogens with zero attached hydrogens (tertiary/aromatic N) is 1. The fourth-order valence-corrected chi connectivity index (χ4v) is 2.13. The van der Waals surface area contributed by atoms with Gasteiger partial charge in [-0.05, 0) is 31.0 Å². The van der Waals surface area contributed by atoms with Gasteiger partial charge in [0.2, 0.25) is 0 Å². The zero-order valence-corrected chi connectivity index (χ0v) is 11.3. The minimum Gasteiger partial charge on any atom is -0.497 e. The lowest BCUT2D eigenvalue weighted by Gasteiger charge is -2.30. The number of methoxy groups -OCH3 is 1. The summed E-state index contributed by atoms with van der Waals surface area (Å²) in [5.74, 6) is 0.746. The molecule has 2 N–H and O–H groups in total.